The molecule has 0 fully saturated rings. The second-order valence-corrected chi connectivity index (χ2v) is 4.58. The number of carboxylic acids is 1. The van der Waals surface area contributed by atoms with Crippen LogP contribution in [0.4, 0.5) is 4.39 Å². The third kappa shape index (κ3) is 3.71. The van der Waals surface area contributed by atoms with Gasteiger partial charge in [0.25, 0.3) is 0 Å². The third-order valence-electron chi connectivity index (χ3n) is 2.68. The van der Waals surface area contributed by atoms with Gasteiger partial charge in [-0.15, -0.1) is 0 Å². The lowest BCUT2D eigenvalue weighted by atomic mass is 10.1. The van der Waals surface area contributed by atoms with Crippen LogP contribution in [0.2, 0.25) is 5.02 Å². The van der Waals surface area contributed by atoms with Gasteiger partial charge in [-0.25, -0.2) is 4.39 Å². The van der Waals surface area contributed by atoms with E-state index in [2.05, 4.69) is 0 Å². The Morgan fingerprint density at radius 1 is 1.20 bits per heavy atom. The highest BCUT2D eigenvalue weighted by Gasteiger charge is 2.06. The van der Waals surface area contributed by atoms with Crippen LogP contribution in [0.5, 0.6) is 5.75 Å². The average Bonchev–Trinajstić information content (AvgIpc) is 2.42. The van der Waals surface area contributed by atoms with E-state index >= 15 is 0 Å². The van der Waals surface area contributed by atoms with E-state index in [1.165, 1.54) is 12.1 Å². The van der Waals surface area contributed by atoms with Crippen LogP contribution in [0.25, 0.3) is 11.1 Å². The van der Waals surface area contributed by atoms with Gasteiger partial charge in [0.2, 0.25) is 0 Å². The van der Waals surface area contributed by atoms with Gasteiger partial charge in [0.15, 0.2) is 0 Å². The molecule has 1 N–H and O–H groups in total. The summed E-state index contributed by atoms with van der Waals surface area (Å²) >= 11 is 5.85. The molecule has 0 unspecified atom stereocenters. The maximum atomic E-state index is 13.7. The minimum absolute atomic E-state index is 0.0648. The molecule has 0 saturated carbocycles. The molecule has 0 amide bonds. The van der Waals surface area contributed by atoms with E-state index in [0.717, 1.165) is 0 Å². The molecule has 0 aliphatic rings. The first-order chi connectivity index (χ1) is 9.56. The summed E-state index contributed by atoms with van der Waals surface area (Å²) in [6.07, 6.45) is -0.0648. The van der Waals surface area contributed by atoms with Gasteiger partial charge in [-0.2, -0.15) is 0 Å². The number of aliphatic carboxylic acids is 1. The molecule has 0 atom stereocenters. The Bertz CT molecular complexity index is 611. The second-order valence-electron chi connectivity index (χ2n) is 4.14. The number of hydrogen-bond donors (Lipinski definition) is 1. The molecule has 2 aromatic rings. The Kier molecular flexibility index (Phi) is 4.58. The predicted octanol–water partition coefficient (Wildman–Crippen LogP) is 4.00. The highest BCUT2D eigenvalue weighted by atomic mass is 35.5. The van der Waals surface area contributed by atoms with Crippen molar-refractivity contribution in [2.45, 2.75) is 6.42 Å². The van der Waals surface area contributed by atoms with Crippen molar-refractivity contribution in [1.82, 2.24) is 0 Å². The summed E-state index contributed by atoms with van der Waals surface area (Å²) in [6.45, 7) is 0.0974. The standard InChI is InChI=1S/C15H12ClFO3/c16-11-3-6-14(17)13(9-11)10-1-4-12(5-2-10)20-8-7-15(18)19/h1-6,9H,7-8H2,(H,18,19). The maximum absolute atomic E-state index is 13.7. The van der Waals surface area contributed by atoms with Gasteiger partial charge >= 0.3 is 5.97 Å². The number of carboxylic acid groups (broad SMARTS) is 1. The normalized spacial score (nSPS) is 10.3. The Hall–Kier alpha value is -2.07. The van der Waals surface area contributed by atoms with E-state index in [-0.39, 0.29) is 18.8 Å². The smallest absolute Gasteiger partial charge is 0.306 e. The molecule has 0 saturated heterocycles. The number of ether oxygens (including phenoxy) is 1. The van der Waals surface area contributed by atoms with Crippen molar-refractivity contribution in [3.63, 3.8) is 0 Å². The van der Waals surface area contributed by atoms with Crippen molar-refractivity contribution in [2.75, 3.05) is 6.61 Å². The highest BCUT2D eigenvalue weighted by molar-refractivity contribution is 6.30. The zero-order chi connectivity index (χ0) is 14.5. The maximum Gasteiger partial charge on any atom is 0.306 e. The fraction of sp³-hybridized carbons (Fsp3) is 0.133. The molecule has 0 bridgehead atoms. The van der Waals surface area contributed by atoms with Crippen LogP contribution in [0.3, 0.4) is 0 Å². The van der Waals surface area contributed by atoms with E-state index < -0.39 is 5.97 Å². The van der Waals surface area contributed by atoms with Gasteiger partial charge in [-0.05, 0) is 35.9 Å². The molecule has 0 spiro atoms. The quantitative estimate of drug-likeness (QED) is 0.906. The van der Waals surface area contributed by atoms with Gasteiger partial charge in [0, 0.05) is 10.6 Å². The van der Waals surface area contributed by atoms with Crippen LogP contribution < -0.4 is 4.74 Å². The lowest BCUT2D eigenvalue weighted by Gasteiger charge is -2.07. The Labute approximate surface area is 120 Å². The molecule has 2 rings (SSSR count). The molecule has 0 aromatic heterocycles. The summed E-state index contributed by atoms with van der Waals surface area (Å²) in [4.78, 5) is 10.4. The first kappa shape index (κ1) is 14.3. The lowest BCUT2D eigenvalue weighted by Crippen LogP contribution is -2.04. The Morgan fingerprint density at radius 2 is 1.90 bits per heavy atom. The number of carbonyl (C=O) groups is 1. The molecular formula is C15H12ClFO3. The fourth-order valence-corrected chi connectivity index (χ4v) is 1.88. The highest BCUT2D eigenvalue weighted by Crippen LogP contribution is 2.27. The first-order valence-corrected chi connectivity index (χ1v) is 6.34. The van der Waals surface area contributed by atoms with Crippen molar-refractivity contribution in [2.24, 2.45) is 0 Å². The first-order valence-electron chi connectivity index (χ1n) is 5.96. The monoisotopic (exact) mass is 294 g/mol. The third-order valence-corrected chi connectivity index (χ3v) is 2.91. The minimum atomic E-state index is -0.914. The van der Waals surface area contributed by atoms with Crippen molar-refractivity contribution >= 4 is 17.6 Å². The van der Waals surface area contributed by atoms with Crippen LogP contribution in [-0.4, -0.2) is 17.7 Å². The van der Waals surface area contributed by atoms with Crippen molar-refractivity contribution in [3.05, 3.63) is 53.3 Å². The van der Waals surface area contributed by atoms with Crippen molar-refractivity contribution < 1.29 is 19.0 Å². The van der Waals surface area contributed by atoms with E-state index in [9.17, 15) is 9.18 Å². The minimum Gasteiger partial charge on any atom is -0.493 e. The number of rotatable bonds is 5. The largest absolute Gasteiger partial charge is 0.493 e. The SMILES string of the molecule is O=C(O)CCOc1ccc(-c2cc(Cl)ccc2F)cc1. The molecular weight excluding hydrogens is 283 g/mol. The number of benzene rings is 2. The predicted molar refractivity (Wildman–Crippen MR) is 74.6 cm³/mol. The molecule has 104 valence electrons. The summed E-state index contributed by atoms with van der Waals surface area (Å²) in [6, 6.07) is 11.1. The summed E-state index contributed by atoms with van der Waals surface area (Å²) < 4.78 is 19.0. The van der Waals surface area contributed by atoms with E-state index in [1.807, 2.05) is 0 Å². The molecule has 5 heteroatoms. The molecule has 0 heterocycles. The average molecular weight is 295 g/mol. The molecule has 20 heavy (non-hydrogen) atoms. The zero-order valence-electron chi connectivity index (χ0n) is 10.5. The van der Waals surface area contributed by atoms with Crippen LogP contribution >= 0.6 is 11.6 Å². The fourth-order valence-electron chi connectivity index (χ4n) is 1.71. The van der Waals surface area contributed by atoms with E-state index in [1.54, 1.807) is 30.3 Å². The van der Waals surface area contributed by atoms with Gasteiger partial charge in [0.1, 0.15) is 11.6 Å². The number of halogens is 2. The van der Waals surface area contributed by atoms with Gasteiger partial charge < -0.3 is 9.84 Å². The Balaban J connectivity index is 2.11. The van der Waals surface area contributed by atoms with Crippen molar-refractivity contribution in [3.8, 4) is 16.9 Å². The van der Waals surface area contributed by atoms with Crippen LogP contribution in [-0.2, 0) is 4.79 Å². The van der Waals surface area contributed by atoms with Crippen molar-refractivity contribution in [1.29, 1.82) is 0 Å². The summed E-state index contributed by atoms with van der Waals surface area (Å²) in [7, 11) is 0. The molecule has 0 aliphatic carbocycles. The summed E-state index contributed by atoms with van der Waals surface area (Å²) in [5, 5.41) is 8.97. The van der Waals surface area contributed by atoms with Crippen LogP contribution in [0, 0.1) is 5.82 Å². The molecule has 0 aliphatic heterocycles. The van der Waals surface area contributed by atoms with Gasteiger partial charge in [-0.1, -0.05) is 23.7 Å². The van der Waals surface area contributed by atoms with Gasteiger partial charge in [-0.3, -0.25) is 4.79 Å². The van der Waals surface area contributed by atoms with Crippen LogP contribution in [0.1, 0.15) is 6.42 Å². The molecule has 0 radical (unpaired) electrons. The van der Waals surface area contributed by atoms with Gasteiger partial charge in [0.05, 0.1) is 13.0 Å². The second kappa shape index (κ2) is 6.39. The zero-order valence-corrected chi connectivity index (χ0v) is 11.2. The van der Waals surface area contributed by atoms with E-state index in [4.69, 9.17) is 21.4 Å². The summed E-state index contributed by atoms with van der Waals surface area (Å²) in [5.74, 6) is -0.728. The lowest BCUT2D eigenvalue weighted by molar-refractivity contribution is -0.137. The van der Waals surface area contributed by atoms with Crippen LogP contribution in [0.15, 0.2) is 42.5 Å². The number of hydrogen-bond acceptors (Lipinski definition) is 2. The molecule has 2 aromatic carbocycles. The molecule has 3 nitrogen and oxygen atoms in total. The topological polar surface area (TPSA) is 46.5 Å². The Morgan fingerprint density at radius 3 is 2.55 bits per heavy atom. The van der Waals surface area contributed by atoms with E-state index in [0.29, 0.717) is 21.9 Å². The summed E-state index contributed by atoms with van der Waals surface area (Å²) in [5.41, 5.74) is 1.09.